The number of nitrogens with zero attached hydrogens (tertiary/aromatic N) is 1. The third kappa shape index (κ3) is 3.47. The van der Waals surface area contributed by atoms with Crippen LogP contribution in [0.15, 0.2) is 59.6 Å². The Morgan fingerprint density at radius 2 is 1.83 bits per heavy atom. The number of rotatable bonds is 5. The van der Waals surface area contributed by atoms with Crippen LogP contribution >= 0.6 is 0 Å². The van der Waals surface area contributed by atoms with E-state index in [4.69, 9.17) is 0 Å². The first-order valence-electron chi connectivity index (χ1n) is 7.87. The van der Waals surface area contributed by atoms with Crippen molar-refractivity contribution in [3.8, 4) is 0 Å². The summed E-state index contributed by atoms with van der Waals surface area (Å²) in [5.41, 5.74) is 3.77. The van der Waals surface area contributed by atoms with Gasteiger partial charge in [0.05, 0.1) is 10.4 Å². The summed E-state index contributed by atoms with van der Waals surface area (Å²) in [4.78, 5) is 4.74. The molecule has 1 aromatic heterocycles. The quantitative estimate of drug-likeness (QED) is 0.775. The first kappa shape index (κ1) is 16.6. The SMILES string of the molecule is Cc1ccc(S(=O)(=O)NCCc2cccc3cccnc23)c(C)c1. The Labute approximate surface area is 142 Å². The van der Waals surface area contributed by atoms with Crippen LogP contribution in [0.5, 0.6) is 0 Å². The number of aryl methyl sites for hydroxylation is 2. The van der Waals surface area contributed by atoms with Gasteiger partial charge in [-0.3, -0.25) is 4.98 Å². The number of benzene rings is 2. The van der Waals surface area contributed by atoms with E-state index < -0.39 is 10.0 Å². The highest BCUT2D eigenvalue weighted by Crippen LogP contribution is 2.18. The Hall–Kier alpha value is -2.24. The van der Waals surface area contributed by atoms with Gasteiger partial charge in [-0.2, -0.15) is 0 Å². The number of fused-ring (bicyclic) bond motifs is 1. The molecule has 0 aliphatic rings. The first-order valence-corrected chi connectivity index (χ1v) is 9.35. The molecule has 0 aliphatic heterocycles. The highest BCUT2D eigenvalue weighted by atomic mass is 32.2. The molecule has 5 heteroatoms. The number of nitrogens with one attached hydrogen (secondary N) is 1. The Morgan fingerprint density at radius 1 is 1.04 bits per heavy atom. The molecule has 0 atom stereocenters. The molecule has 2 aromatic carbocycles. The minimum Gasteiger partial charge on any atom is -0.256 e. The normalized spacial score (nSPS) is 11.8. The zero-order valence-corrected chi connectivity index (χ0v) is 14.6. The van der Waals surface area contributed by atoms with Gasteiger partial charge >= 0.3 is 0 Å². The van der Waals surface area contributed by atoms with Crippen molar-refractivity contribution in [1.29, 1.82) is 0 Å². The molecule has 0 fully saturated rings. The highest BCUT2D eigenvalue weighted by Gasteiger charge is 2.16. The van der Waals surface area contributed by atoms with E-state index in [9.17, 15) is 8.42 Å². The third-order valence-electron chi connectivity index (χ3n) is 4.02. The predicted octanol–water partition coefficient (Wildman–Crippen LogP) is 3.37. The largest absolute Gasteiger partial charge is 0.256 e. The van der Waals surface area contributed by atoms with Gasteiger partial charge in [-0.15, -0.1) is 0 Å². The molecule has 3 rings (SSSR count). The Kier molecular flexibility index (Phi) is 4.64. The van der Waals surface area contributed by atoms with Gasteiger partial charge in [0.1, 0.15) is 0 Å². The molecule has 3 aromatic rings. The topological polar surface area (TPSA) is 59.1 Å². The van der Waals surface area contributed by atoms with Gasteiger partial charge in [-0.1, -0.05) is 42.0 Å². The van der Waals surface area contributed by atoms with Gasteiger partial charge in [0.15, 0.2) is 0 Å². The summed E-state index contributed by atoms with van der Waals surface area (Å²) in [7, 11) is -3.50. The molecule has 0 saturated carbocycles. The summed E-state index contributed by atoms with van der Waals surface area (Å²) in [6.45, 7) is 4.10. The number of para-hydroxylation sites is 1. The molecule has 0 radical (unpaired) electrons. The fourth-order valence-electron chi connectivity index (χ4n) is 2.87. The van der Waals surface area contributed by atoms with Crippen LogP contribution in [0.4, 0.5) is 0 Å². The molecule has 0 spiro atoms. The van der Waals surface area contributed by atoms with E-state index in [2.05, 4.69) is 9.71 Å². The summed E-state index contributed by atoms with van der Waals surface area (Å²) in [5.74, 6) is 0. The molecule has 0 saturated heterocycles. The van der Waals surface area contributed by atoms with E-state index in [0.717, 1.165) is 27.6 Å². The van der Waals surface area contributed by atoms with E-state index >= 15 is 0 Å². The van der Waals surface area contributed by atoms with Gasteiger partial charge in [0, 0.05) is 18.1 Å². The number of hydrogen-bond acceptors (Lipinski definition) is 3. The monoisotopic (exact) mass is 340 g/mol. The zero-order chi connectivity index (χ0) is 17.2. The lowest BCUT2D eigenvalue weighted by Crippen LogP contribution is -2.26. The number of pyridine rings is 1. The summed E-state index contributed by atoms with van der Waals surface area (Å²) in [5, 5.41) is 1.06. The van der Waals surface area contributed by atoms with E-state index in [-0.39, 0.29) is 0 Å². The van der Waals surface area contributed by atoms with Gasteiger partial charge < -0.3 is 0 Å². The highest BCUT2D eigenvalue weighted by molar-refractivity contribution is 7.89. The van der Waals surface area contributed by atoms with E-state index in [1.165, 1.54) is 0 Å². The summed E-state index contributed by atoms with van der Waals surface area (Å²) in [6.07, 6.45) is 2.35. The average Bonchev–Trinajstić information content (AvgIpc) is 2.54. The second-order valence-corrected chi connectivity index (χ2v) is 7.64. The van der Waals surface area contributed by atoms with Crippen LogP contribution in [-0.4, -0.2) is 19.9 Å². The van der Waals surface area contributed by atoms with Crippen LogP contribution in [-0.2, 0) is 16.4 Å². The van der Waals surface area contributed by atoms with Crippen molar-refractivity contribution in [3.63, 3.8) is 0 Å². The fourth-order valence-corrected chi connectivity index (χ4v) is 4.12. The fraction of sp³-hybridized carbons (Fsp3) is 0.211. The predicted molar refractivity (Wildman–Crippen MR) is 96.6 cm³/mol. The molecule has 0 amide bonds. The molecule has 124 valence electrons. The summed E-state index contributed by atoms with van der Waals surface area (Å²) >= 11 is 0. The molecule has 0 unspecified atom stereocenters. The number of sulfonamides is 1. The smallest absolute Gasteiger partial charge is 0.240 e. The van der Waals surface area contributed by atoms with Crippen molar-refractivity contribution in [2.45, 2.75) is 25.2 Å². The van der Waals surface area contributed by atoms with Crippen LogP contribution in [0.1, 0.15) is 16.7 Å². The zero-order valence-electron chi connectivity index (χ0n) is 13.8. The van der Waals surface area contributed by atoms with Crippen molar-refractivity contribution >= 4 is 20.9 Å². The standard InChI is InChI=1S/C19H20N2O2S/c1-14-8-9-18(15(2)13-14)24(22,23)21-12-10-17-6-3-5-16-7-4-11-20-19(16)17/h3-9,11,13,21H,10,12H2,1-2H3. The maximum atomic E-state index is 12.5. The number of hydrogen-bond donors (Lipinski definition) is 1. The maximum absolute atomic E-state index is 12.5. The van der Waals surface area contributed by atoms with E-state index in [0.29, 0.717) is 17.9 Å². The van der Waals surface area contributed by atoms with Crippen molar-refractivity contribution < 1.29 is 8.42 Å². The maximum Gasteiger partial charge on any atom is 0.240 e. The lowest BCUT2D eigenvalue weighted by atomic mass is 10.1. The molecular weight excluding hydrogens is 320 g/mol. The molecule has 1 N–H and O–H groups in total. The number of aromatic nitrogens is 1. The van der Waals surface area contributed by atoms with Crippen LogP contribution in [0.25, 0.3) is 10.9 Å². The third-order valence-corrected chi connectivity index (χ3v) is 5.64. The van der Waals surface area contributed by atoms with E-state index in [1.807, 2.05) is 56.3 Å². The van der Waals surface area contributed by atoms with Gasteiger partial charge in [0.25, 0.3) is 0 Å². The first-order chi connectivity index (χ1) is 11.5. The van der Waals surface area contributed by atoms with Crippen molar-refractivity contribution in [2.24, 2.45) is 0 Å². The Morgan fingerprint density at radius 3 is 2.62 bits per heavy atom. The van der Waals surface area contributed by atoms with Gasteiger partial charge in [-0.25, -0.2) is 13.1 Å². The van der Waals surface area contributed by atoms with Crippen molar-refractivity contribution in [3.05, 3.63) is 71.4 Å². The Balaban J connectivity index is 1.75. The van der Waals surface area contributed by atoms with Gasteiger partial charge in [0.2, 0.25) is 10.0 Å². The van der Waals surface area contributed by atoms with Crippen LogP contribution < -0.4 is 4.72 Å². The molecular formula is C19H20N2O2S. The Bertz CT molecular complexity index is 976. The second kappa shape index (κ2) is 6.71. The van der Waals surface area contributed by atoms with Crippen LogP contribution in [0, 0.1) is 13.8 Å². The van der Waals surface area contributed by atoms with Crippen molar-refractivity contribution in [2.75, 3.05) is 6.54 Å². The minimum absolute atomic E-state index is 0.337. The summed E-state index contributed by atoms with van der Waals surface area (Å²) in [6, 6.07) is 15.2. The van der Waals surface area contributed by atoms with Crippen LogP contribution in [0.2, 0.25) is 0 Å². The lowest BCUT2D eigenvalue weighted by molar-refractivity contribution is 0.581. The lowest BCUT2D eigenvalue weighted by Gasteiger charge is -2.10. The molecule has 0 aliphatic carbocycles. The van der Waals surface area contributed by atoms with Gasteiger partial charge in [-0.05, 0) is 43.5 Å². The molecule has 1 heterocycles. The average molecular weight is 340 g/mol. The minimum atomic E-state index is -3.50. The second-order valence-electron chi connectivity index (χ2n) is 5.91. The van der Waals surface area contributed by atoms with E-state index in [1.54, 1.807) is 12.3 Å². The van der Waals surface area contributed by atoms with Crippen molar-refractivity contribution in [1.82, 2.24) is 9.71 Å². The van der Waals surface area contributed by atoms with Crippen LogP contribution in [0.3, 0.4) is 0 Å². The molecule has 0 bridgehead atoms. The molecule has 24 heavy (non-hydrogen) atoms. The molecule has 4 nitrogen and oxygen atoms in total. The summed E-state index contributed by atoms with van der Waals surface area (Å²) < 4.78 is 27.7.